The highest BCUT2D eigenvalue weighted by atomic mass is 79.9. The molecule has 96 valence electrons. The lowest BCUT2D eigenvalue weighted by Gasteiger charge is -2.12. The SMILES string of the molecule is N#Cc1ccccc1COc1c(N)cc(Cl)cc1Br. The van der Waals surface area contributed by atoms with E-state index in [1.807, 2.05) is 18.2 Å². The van der Waals surface area contributed by atoms with E-state index in [2.05, 4.69) is 22.0 Å². The second kappa shape index (κ2) is 5.96. The lowest BCUT2D eigenvalue weighted by Crippen LogP contribution is -2.01. The van der Waals surface area contributed by atoms with Gasteiger partial charge >= 0.3 is 0 Å². The first-order chi connectivity index (χ1) is 9.11. The molecule has 5 heteroatoms. The minimum atomic E-state index is 0.272. The molecule has 0 aromatic heterocycles. The van der Waals surface area contributed by atoms with Crippen LogP contribution in [-0.2, 0) is 6.61 Å². The van der Waals surface area contributed by atoms with E-state index in [-0.39, 0.29) is 6.61 Å². The molecule has 0 atom stereocenters. The summed E-state index contributed by atoms with van der Waals surface area (Å²) < 4.78 is 6.36. The normalized spacial score (nSPS) is 9.95. The Hall–Kier alpha value is -1.70. The van der Waals surface area contributed by atoms with Gasteiger partial charge in [-0.15, -0.1) is 0 Å². The average molecular weight is 338 g/mol. The molecule has 0 bridgehead atoms. The third-order valence-corrected chi connectivity index (χ3v) is 3.35. The van der Waals surface area contributed by atoms with Crippen LogP contribution in [0.25, 0.3) is 0 Å². The third-order valence-electron chi connectivity index (χ3n) is 2.55. The van der Waals surface area contributed by atoms with Crippen molar-refractivity contribution in [3.63, 3.8) is 0 Å². The number of hydrogen-bond acceptors (Lipinski definition) is 3. The molecule has 2 aromatic rings. The van der Waals surface area contributed by atoms with Gasteiger partial charge in [-0.2, -0.15) is 5.26 Å². The number of halogens is 2. The molecule has 0 aliphatic rings. The summed E-state index contributed by atoms with van der Waals surface area (Å²) in [5.41, 5.74) is 7.71. The van der Waals surface area contributed by atoms with Gasteiger partial charge in [-0.05, 0) is 34.1 Å². The fourth-order valence-corrected chi connectivity index (χ4v) is 2.59. The highest BCUT2D eigenvalue weighted by molar-refractivity contribution is 9.10. The molecule has 3 nitrogen and oxygen atoms in total. The van der Waals surface area contributed by atoms with E-state index in [0.717, 1.165) is 5.56 Å². The molecule has 19 heavy (non-hydrogen) atoms. The molecule has 2 N–H and O–H groups in total. The van der Waals surface area contributed by atoms with E-state index in [4.69, 9.17) is 27.3 Å². The van der Waals surface area contributed by atoms with Crippen LogP contribution in [-0.4, -0.2) is 0 Å². The molecule has 2 rings (SSSR count). The summed E-state index contributed by atoms with van der Waals surface area (Å²) in [5, 5.41) is 9.54. The number of ether oxygens (including phenoxy) is 1. The van der Waals surface area contributed by atoms with Gasteiger partial charge in [0.2, 0.25) is 0 Å². The van der Waals surface area contributed by atoms with Crippen LogP contribution < -0.4 is 10.5 Å². The van der Waals surface area contributed by atoms with E-state index in [1.54, 1.807) is 18.2 Å². The monoisotopic (exact) mass is 336 g/mol. The van der Waals surface area contributed by atoms with Crippen LogP contribution >= 0.6 is 27.5 Å². The van der Waals surface area contributed by atoms with Crippen molar-refractivity contribution in [3.8, 4) is 11.8 Å². The summed E-state index contributed by atoms with van der Waals surface area (Å²) in [4.78, 5) is 0. The molecule has 0 spiro atoms. The summed E-state index contributed by atoms with van der Waals surface area (Å²) in [6.45, 7) is 0.272. The largest absolute Gasteiger partial charge is 0.486 e. The number of nitriles is 1. The fourth-order valence-electron chi connectivity index (χ4n) is 1.64. The van der Waals surface area contributed by atoms with E-state index < -0.39 is 0 Å². The molecule has 0 radical (unpaired) electrons. The molecule has 2 aromatic carbocycles. The van der Waals surface area contributed by atoms with E-state index in [1.165, 1.54) is 0 Å². The zero-order chi connectivity index (χ0) is 13.8. The van der Waals surface area contributed by atoms with Gasteiger partial charge in [-0.25, -0.2) is 0 Å². The fraction of sp³-hybridized carbons (Fsp3) is 0.0714. The van der Waals surface area contributed by atoms with Gasteiger partial charge in [0.05, 0.1) is 21.8 Å². The number of rotatable bonds is 3. The number of nitrogen functional groups attached to an aromatic ring is 1. The molecular weight excluding hydrogens is 328 g/mol. The molecule has 0 unspecified atom stereocenters. The molecule has 0 fully saturated rings. The summed E-state index contributed by atoms with van der Waals surface area (Å²) in [6, 6.07) is 12.7. The van der Waals surface area contributed by atoms with Crippen LogP contribution in [0, 0.1) is 11.3 Å². The van der Waals surface area contributed by atoms with E-state index >= 15 is 0 Å². The smallest absolute Gasteiger partial charge is 0.156 e. The lowest BCUT2D eigenvalue weighted by molar-refractivity contribution is 0.305. The van der Waals surface area contributed by atoms with E-state index in [9.17, 15) is 0 Å². The first-order valence-corrected chi connectivity index (χ1v) is 6.64. The maximum Gasteiger partial charge on any atom is 0.156 e. The van der Waals surface area contributed by atoms with E-state index in [0.29, 0.717) is 26.5 Å². The summed E-state index contributed by atoms with van der Waals surface area (Å²) >= 11 is 9.23. The Labute approximate surface area is 124 Å². The Balaban J connectivity index is 2.22. The molecule has 0 heterocycles. The van der Waals surface area contributed by atoms with Crippen molar-refractivity contribution in [2.24, 2.45) is 0 Å². The number of hydrogen-bond donors (Lipinski definition) is 1. The van der Waals surface area contributed by atoms with Crippen molar-refractivity contribution in [2.45, 2.75) is 6.61 Å². The second-order valence-corrected chi connectivity index (χ2v) is 5.15. The third kappa shape index (κ3) is 3.19. The Morgan fingerprint density at radius 2 is 2.05 bits per heavy atom. The molecule has 0 aliphatic heterocycles. The molecule has 0 saturated heterocycles. The average Bonchev–Trinajstić information content (AvgIpc) is 2.38. The molecule has 0 aliphatic carbocycles. The highest BCUT2D eigenvalue weighted by Crippen LogP contribution is 2.35. The minimum absolute atomic E-state index is 0.272. The molecule has 0 saturated carbocycles. The van der Waals surface area contributed by atoms with Crippen molar-refractivity contribution in [1.82, 2.24) is 0 Å². The standard InChI is InChI=1S/C14H10BrClN2O/c15-12-5-11(16)6-13(18)14(12)19-8-10-4-2-1-3-9(10)7-17/h1-6H,8,18H2. The van der Waals surface area contributed by atoms with Gasteiger partial charge in [0.1, 0.15) is 6.61 Å². The highest BCUT2D eigenvalue weighted by Gasteiger charge is 2.09. The zero-order valence-electron chi connectivity index (χ0n) is 9.86. The Morgan fingerprint density at radius 3 is 2.74 bits per heavy atom. The minimum Gasteiger partial charge on any atom is -0.486 e. The number of anilines is 1. The second-order valence-electron chi connectivity index (χ2n) is 3.86. The van der Waals surface area contributed by atoms with Crippen LogP contribution in [0.5, 0.6) is 5.75 Å². The first-order valence-electron chi connectivity index (χ1n) is 5.47. The van der Waals surface area contributed by atoms with Crippen LogP contribution in [0.4, 0.5) is 5.69 Å². The molecule has 0 amide bonds. The van der Waals surface area contributed by atoms with Crippen LogP contribution in [0.15, 0.2) is 40.9 Å². The Morgan fingerprint density at radius 1 is 1.32 bits per heavy atom. The maximum atomic E-state index is 9.00. The van der Waals surface area contributed by atoms with Crippen LogP contribution in [0.3, 0.4) is 0 Å². The summed E-state index contributed by atoms with van der Waals surface area (Å²) in [6.07, 6.45) is 0. The van der Waals surface area contributed by atoms with Crippen LogP contribution in [0.1, 0.15) is 11.1 Å². The number of nitrogens with zero attached hydrogens (tertiary/aromatic N) is 1. The first kappa shape index (κ1) is 13.7. The number of nitrogens with two attached hydrogens (primary N) is 1. The van der Waals surface area contributed by atoms with Crippen molar-refractivity contribution >= 4 is 33.2 Å². The predicted molar refractivity (Wildman–Crippen MR) is 79.1 cm³/mol. The van der Waals surface area contributed by atoms with Gasteiger partial charge in [-0.3, -0.25) is 0 Å². The Kier molecular flexibility index (Phi) is 4.31. The summed E-state index contributed by atoms with van der Waals surface area (Å²) in [7, 11) is 0. The summed E-state index contributed by atoms with van der Waals surface area (Å²) in [5.74, 6) is 0.525. The van der Waals surface area contributed by atoms with Crippen molar-refractivity contribution in [1.29, 1.82) is 5.26 Å². The van der Waals surface area contributed by atoms with Crippen molar-refractivity contribution in [3.05, 3.63) is 57.0 Å². The topological polar surface area (TPSA) is 59.0 Å². The zero-order valence-corrected chi connectivity index (χ0v) is 12.2. The van der Waals surface area contributed by atoms with Gasteiger partial charge < -0.3 is 10.5 Å². The van der Waals surface area contributed by atoms with Crippen molar-refractivity contribution in [2.75, 3.05) is 5.73 Å². The van der Waals surface area contributed by atoms with Crippen molar-refractivity contribution < 1.29 is 4.74 Å². The molecular formula is C14H10BrClN2O. The van der Waals surface area contributed by atoms with Gasteiger partial charge in [0.15, 0.2) is 5.75 Å². The van der Waals surface area contributed by atoms with Gasteiger partial charge in [-0.1, -0.05) is 29.8 Å². The van der Waals surface area contributed by atoms with Gasteiger partial charge in [0, 0.05) is 10.6 Å². The Bertz CT molecular complexity index is 629. The van der Waals surface area contributed by atoms with Crippen LogP contribution in [0.2, 0.25) is 5.02 Å². The quantitative estimate of drug-likeness (QED) is 0.856. The number of benzene rings is 2. The van der Waals surface area contributed by atoms with Gasteiger partial charge in [0.25, 0.3) is 0 Å². The maximum absolute atomic E-state index is 9.00. The lowest BCUT2D eigenvalue weighted by atomic mass is 10.1. The predicted octanol–water partition coefficient (Wildman–Crippen LogP) is 4.14.